The maximum absolute atomic E-state index is 13.1. The highest BCUT2D eigenvalue weighted by molar-refractivity contribution is 5.97. The van der Waals surface area contributed by atoms with Crippen LogP contribution in [0.2, 0.25) is 0 Å². The van der Waals surface area contributed by atoms with Gasteiger partial charge >= 0.3 is 0 Å². The number of nitrogens with one attached hydrogen (secondary N) is 1. The molecule has 1 saturated heterocycles. The van der Waals surface area contributed by atoms with E-state index in [0.717, 1.165) is 30.7 Å². The van der Waals surface area contributed by atoms with Gasteiger partial charge in [-0.25, -0.2) is 4.98 Å². The predicted octanol–water partition coefficient (Wildman–Crippen LogP) is 2.35. The van der Waals surface area contributed by atoms with Gasteiger partial charge in [0, 0.05) is 37.7 Å². The molecule has 1 aromatic heterocycles. The molecule has 1 spiro atoms. The van der Waals surface area contributed by atoms with Crippen molar-refractivity contribution in [1.29, 1.82) is 0 Å². The number of likely N-dealkylation sites (tertiary alicyclic amines) is 1. The normalized spacial score (nSPS) is 20.6. The number of phenols is 1. The van der Waals surface area contributed by atoms with Crippen molar-refractivity contribution < 1.29 is 14.7 Å². The summed E-state index contributed by atoms with van der Waals surface area (Å²) in [6.45, 7) is 3.57. The zero-order valence-corrected chi connectivity index (χ0v) is 16.6. The topological polar surface area (TPSA) is 89.5 Å². The second-order valence-electron chi connectivity index (χ2n) is 8.54. The predicted molar refractivity (Wildman–Crippen MR) is 106 cm³/mol. The highest BCUT2D eigenvalue weighted by Gasteiger charge is 2.51. The molecule has 0 atom stereocenters. The van der Waals surface area contributed by atoms with Gasteiger partial charge in [0.2, 0.25) is 5.91 Å². The average molecular weight is 394 g/mol. The number of phenolic OH excluding ortho intramolecular Hbond substituents is 1. The van der Waals surface area contributed by atoms with E-state index in [1.54, 1.807) is 36.4 Å². The standard InChI is InChI=1S/C22H26N4O3/c1-14-3-2-4-16(18(14)27)21(29)25-11-8-22(9-12-25)19-17(23-13-24-19)7-10-26(22)20(28)15-5-6-15/h2-4,13,15,27H,5-12H2,1H3,(H,23,24). The molecule has 0 bridgehead atoms. The number of amides is 2. The number of nitrogens with zero attached hydrogens (tertiary/aromatic N) is 3. The van der Waals surface area contributed by atoms with E-state index < -0.39 is 5.54 Å². The Morgan fingerprint density at radius 3 is 2.69 bits per heavy atom. The molecule has 2 N–H and O–H groups in total. The number of H-pyrrole nitrogens is 1. The lowest BCUT2D eigenvalue weighted by Crippen LogP contribution is -2.59. The van der Waals surface area contributed by atoms with Gasteiger partial charge in [0.15, 0.2) is 0 Å². The van der Waals surface area contributed by atoms with Gasteiger partial charge in [-0.2, -0.15) is 0 Å². The van der Waals surface area contributed by atoms with E-state index in [9.17, 15) is 14.7 Å². The third-order valence-electron chi connectivity index (χ3n) is 6.80. The molecule has 2 fully saturated rings. The SMILES string of the molecule is Cc1cccc(C(=O)N2CCC3(CC2)c2nc[nH]c2CCN3C(=O)C2CC2)c1O. The van der Waals surface area contributed by atoms with Gasteiger partial charge in [0.1, 0.15) is 5.75 Å². The molecule has 7 heteroatoms. The number of aryl methyl sites for hydroxylation is 1. The number of benzene rings is 1. The van der Waals surface area contributed by atoms with Crippen molar-refractivity contribution in [1.82, 2.24) is 19.8 Å². The number of rotatable bonds is 2. The summed E-state index contributed by atoms with van der Waals surface area (Å²) in [5, 5.41) is 10.3. The Hall–Kier alpha value is -2.83. The largest absolute Gasteiger partial charge is 0.507 e. The van der Waals surface area contributed by atoms with Crippen LogP contribution in [0.1, 0.15) is 53.0 Å². The minimum absolute atomic E-state index is 0.0515. The summed E-state index contributed by atoms with van der Waals surface area (Å²) in [5.41, 5.74) is 2.69. The molecule has 3 aliphatic rings. The molecule has 1 saturated carbocycles. The molecule has 29 heavy (non-hydrogen) atoms. The van der Waals surface area contributed by atoms with Crippen molar-refractivity contribution in [2.75, 3.05) is 19.6 Å². The van der Waals surface area contributed by atoms with Crippen LogP contribution < -0.4 is 0 Å². The number of hydrogen-bond donors (Lipinski definition) is 2. The van der Waals surface area contributed by atoms with Crippen molar-refractivity contribution in [3.63, 3.8) is 0 Å². The maximum Gasteiger partial charge on any atom is 0.257 e. The van der Waals surface area contributed by atoms with Crippen LogP contribution in [-0.4, -0.2) is 56.3 Å². The fraction of sp³-hybridized carbons (Fsp3) is 0.500. The first kappa shape index (κ1) is 18.2. The van der Waals surface area contributed by atoms with Crippen molar-refractivity contribution in [2.45, 2.75) is 44.6 Å². The van der Waals surface area contributed by atoms with Gasteiger partial charge in [0.05, 0.1) is 23.1 Å². The number of hydrogen-bond acceptors (Lipinski definition) is 4. The molecule has 2 aliphatic heterocycles. The fourth-order valence-corrected chi connectivity index (χ4v) is 4.94. The van der Waals surface area contributed by atoms with Crippen LogP contribution in [0.5, 0.6) is 5.75 Å². The molecular weight excluding hydrogens is 368 g/mol. The number of aromatic nitrogens is 2. The monoisotopic (exact) mass is 394 g/mol. The van der Waals surface area contributed by atoms with Crippen LogP contribution in [0.25, 0.3) is 0 Å². The summed E-state index contributed by atoms with van der Waals surface area (Å²) < 4.78 is 0. The summed E-state index contributed by atoms with van der Waals surface area (Å²) in [4.78, 5) is 37.8. The molecule has 0 radical (unpaired) electrons. The Kier molecular flexibility index (Phi) is 4.15. The van der Waals surface area contributed by atoms with Crippen LogP contribution in [0, 0.1) is 12.8 Å². The average Bonchev–Trinajstić information content (AvgIpc) is 3.47. The third kappa shape index (κ3) is 2.82. The Bertz CT molecular complexity index is 970. The lowest BCUT2D eigenvalue weighted by Gasteiger charge is -2.50. The van der Waals surface area contributed by atoms with E-state index in [-0.39, 0.29) is 23.5 Å². The molecular formula is C22H26N4O3. The van der Waals surface area contributed by atoms with E-state index in [4.69, 9.17) is 0 Å². The van der Waals surface area contributed by atoms with Gasteiger partial charge in [0.25, 0.3) is 5.91 Å². The summed E-state index contributed by atoms with van der Waals surface area (Å²) in [6, 6.07) is 5.26. The number of carbonyl (C=O) groups is 2. The summed E-state index contributed by atoms with van der Waals surface area (Å²) in [7, 11) is 0. The van der Waals surface area contributed by atoms with Gasteiger partial charge in [-0.15, -0.1) is 0 Å². The first-order valence-corrected chi connectivity index (χ1v) is 10.4. The van der Waals surface area contributed by atoms with Gasteiger partial charge in [-0.3, -0.25) is 9.59 Å². The van der Waals surface area contributed by atoms with Crippen LogP contribution in [-0.2, 0) is 16.8 Å². The quantitative estimate of drug-likeness (QED) is 0.818. The van der Waals surface area contributed by atoms with Crippen LogP contribution in [0.4, 0.5) is 0 Å². The Balaban J connectivity index is 1.42. The summed E-state index contributed by atoms with van der Waals surface area (Å²) in [6.07, 6.45) is 5.82. The van der Waals surface area contributed by atoms with Crippen LogP contribution in [0.15, 0.2) is 24.5 Å². The van der Waals surface area contributed by atoms with Crippen molar-refractivity contribution in [3.8, 4) is 5.75 Å². The van der Waals surface area contributed by atoms with E-state index in [1.165, 1.54) is 0 Å². The van der Waals surface area contributed by atoms with Gasteiger partial charge in [-0.1, -0.05) is 12.1 Å². The number of piperidine rings is 1. The molecule has 2 aromatic rings. The highest BCUT2D eigenvalue weighted by Crippen LogP contribution is 2.45. The Morgan fingerprint density at radius 2 is 1.97 bits per heavy atom. The molecule has 152 valence electrons. The molecule has 3 heterocycles. The molecule has 7 nitrogen and oxygen atoms in total. The third-order valence-corrected chi connectivity index (χ3v) is 6.80. The highest BCUT2D eigenvalue weighted by atomic mass is 16.3. The molecule has 1 aliphatic carbocycles. The number of aromatic hydroxyl groups is 1. The maximum atomic E-state index is 13.1. The number of para-hydroxylation sites is 1. The summed E-state index contributed by atoms with van der Waals surface area (Å²) in [5.74, 6) is 0.306. The van der Waals surface area contributed by atoms with Gasteiger partial charge < -0.3 is 19.9 Å². The van der Waals surface area contributed by atoms with Crippen molar-refractivity contribution in [2.24, 2.45) is 5.92 Å². The zero-order valence-electron chi connectivity index (χ0n) is 16.6. The minimum Gasteiger partial charge on any atom is -0.507 e. The molecule has 5 rings (SSSR count). The second-order valence-corrected chi connectivity index (χ2v) is 8.54. The van der Waals surface area contributed by atoms with E-state index in [1.807, 2.05) is 0 Å². The molecule has 1 aromatic carbocycles. The fourth-order valence-electron chi connectivity index (χ4n) is 4.94. The van der Waals surface area contributed by atoms with Gasteiger partial charge in [-0.05, 0) is 44.2 Å². The Labute approximate surface area is 169 Å². The molecule has 0 unspecified atom stereocenters. The number of aromatic amines is 1. The number of carbonyl (C=O) groups excluding carboxylic acids is 2. The first-order chi connectivity index (χ1) is 14.0. The minimum atomic E-state index is -0.432. The summed E-state index contributed by atoms with van der Waals surface area (Å²) >= 11 is 0. The lowest BCUT2D eigenvalue weighted by molar-refractivity contribution is -0.143. The Morgan fingerprint density at radius 1 is 1.21 bits per heavy atom. The van der Waals surface area contributed by atoms with E-state index in [0.29, 0.717) is 43.6 Å². The smallest absolute Gasteiger partial charge is 0.257 e. The van der Waals surface area contributed by atoms with Crippen LogP contribution in [0.3, 0.4) is 0 Å². The zero-order chi connectivity index (χ0) is 20.2. The van der Waals surface area contributed by atoms with Crippen molar-refractivity contribution >= 4 is 11.8 Å². The number of imidazole rings is 1. The lowest BCUT2D eigenvalue weighted by atomic mass is 9.78. The van der Waals surface area contributed by atoms with Crippen LogP contribution >= 0.6 is 0 Å². The number of fused-ring (bicyclic) bond motifs is 2. The molecule has 2 amide bonds. The van der Waals surface area contributed by atoms with E-state index >= 15 is 0 Å². The second kappa shape index (κ2) is 6.61. The van der Waals surface area contributed by atoms with E-state index in [2.05, 4.69) is 14.9 Å². The first-order valence-electron chi connectivity index (χ1n) is 10.4. The van der Waals surface area contributed by atoms with Crippen molar-refractivity contribution in [3.05, 3.63) is 47.0 Å².